The van der Waals surface area contributed by atoms with Crippen LogP contribution in [-0.2, 0) is 11.2 Å². The molecule has 0 amide bonds. The zero-order chi connectivity index (χ0) is 22.7. The normalized spacial score (nSPS) is 17.3. The molecule has 0 aliphatic carbocycles. The van der Waals surface area contributed by atoms with Crippen LogP contribution >= 0.6 is 0 Å². The quantitative estimate of drug-likeness (QED) is 0.352. The first-order valence-electron chi connectivity index (χ1n) is 10.5. The number of aliphatic imine (C=N–C) groups is 1. The Bertz CT molecular complexity index is 698. The van der Waals surface area contributed by atoms with Crippen LogP contribution in [0.15, 0.2) is 23.2 Å². The fraction of sp³-hybridized carbons (Fsp3) is 0.667. The van der Waals surface area contributed by atoms with Gasteiger partial charge in [-0.25, -0.2) is 0 Å². The number of alkyl halides is 2. The summed E-state index contributed by atoms with van der Waals surface area (Å²) in [5.74, 6) is 0.853. The second-order valence-corrected chi connectivity index (χ2v) is 7.62. The molecular weight excluding hydrogens is 410 g/mol. The molecule has 1 heterocycles. The first kappa shape index (κ1) is 25.1. The molecule has 1 aromatic carbocycles. The van der Waals surface area contributed by atoms with Gasteiger partial charge in [0, 0.05) is 32.7 Å². The predicted molar refractivity (Wildman–Crippen MR) is 115 cm³/mol. The third-order valence-electron chi connectivity index (χ3n) is 4.74. The van der Waals surface area contributed by atoms with Gasteiger partial charge in [0.25, 0.3) is 0 Å². The van der Waals surface area contributed by atoms with Gasteiger partial charge in [0.2, 0.25) is 0 Å². The van der Waals surface area contributed by atoms with Gasteiger partial charge in [0.15, 0.2) is 17.5 Å². The topological polar surface area (TPSA) is 87.6 Å². The third kappa shape index (κ3) is 9.24. The maximum Gasteiger partial charge on any atom is 0.387 e. The Morgan fingerprint density at radius 3 is 2.68 bits per heavy atom. The van der Waals surface area contributed by atoms with Gasteiger partial charge in [0.1, 0.15) is 0 Å². The van der Waals surface area contributed by atoms with Crippen molar-refractivity contribution in [1.29, 1.82) is 0 Å². The van der Waals surface area contributed by atoms with Crippen molar-refractivity contribution < 1.29 is 28.1 Å². The molecule has 1 aliphatic heterocycles. The second-order valence-electron chi connectivity index (χ2n) is 7.62. The Morgan fingerprint density at radius 2 is 2.03 bits per heavy atom. The van der Waals surface area contributed by atoms with E-state index in [4.69, 9.17) is 9.47 Å². The minimum atomic E-state index is -2.92. The van der Waals surface area contributed by atoms with Crippen molar-refractivity contribution in [3.8, 4) is 11.5 Å². The van der Waals surface area contributed by atoms with Crippen molar-refractivity contribution in [2.75, 3.05) is 59.6 Å². The predicted octanol–water partition coefficient (Wildman–Crippen LogP) is 1.48. The number of nitrogens with one attached hydrogen (secondary N) is 2. The zero-order valence-corrected chi connectivity index (χ0v) is 18.5. The Kier molecular flexibility index (Phi) is 10.2. The first-order valence-corrected chi connectivity index (χ1v) is 10.5. The summed E-state index contributed by atoms with van der Waals surface area (Å²) in [5, 5.41) is 17.1. The highest BCUT2D eigenvalue weighted by atomic mass is 19.3. The van der Waals surface area contributed by atoms with Crippen LogP contribution in [0.4, 0.5) is 8.78 Å². The summed E-state index contributed by atoms with van der Waals surface area (Å²) >= 11 is 0. The molecule has 2 rings (SSSR count). The van der Waals surface area contributed by atoms with Crippen molar-refractivity contribution >= 4 is 5.96 Å². The Morgan fingerprint density at radius 1 is 1.29 bits per heavy atom. The average Bonchev–Trinajstić information content (AvgIpc) is 2.72. The number of methoxy groups -OCH3 is 1. The van der Waals surface area contributed by atoms with E-state index in [1.165, 1.54) is 7.11 Å². The van der Waals surface area contributed by atoms with Crippen LogP contribution in [0.3, 0.4) is 0 Å². The van der Waals surface area contributed by atoms with Crippen LogP contribution in [0.2, 0.25) is 0 Å². The summed E-state index contributed by atoms with van der Waals surface area (Å²) in [6.45, 7) is 5.75. The number of rotatable bonds is 11. The maximum atomic E-state index is 12.6. The summed E-state index contributed by atoms with van der Waals surface area (Å²) in [6.07, 6.45) is 0.568. The monoisotopic (exact) mass is 444 g/mol. The Hall–Kier alpha value is -2.17. The van der Waals surface area contributed by atoms with E-state index in [0.717, 1.165) is 18.7 Å². The van der Waals surface area contributed by atoms with Crippen molar-refractivity contribution in [3.05, 3.63) is 23.8 Å². The minimum absolute atomic E-state index is 0.00901. The number of ether oxygens (including phenoxy) is 3. The van der Waals surface area contributed by atoms with Gasteiger partial charge in [-0.3, -0.25) is 9.89 Å². The van der Waals surface area contributed by atoms with E-state index in [9.17, 15) is 13.9 Å². The van der Waals surface area contributed by atoms with Gasteiger partial charge in [0.05, 0.1) is 32.5 Å². The molecule has 1 atom stereocenters. The molecule has 1 saturated heterocycles. The van der Waals surface area contributed by atoms with Crippen molar-refractivity contribution in [2.45, 2.75) is 32.5 Å². The zero-order valence-electron chi connectivity index (χ0n) is 18.5. The molecule has 0 bridgehead atoms. The average molecular weight is 445 g/mol. The number of hydrogen-bond donors (Lipinski definition) is 3. The van der Waals surface area contributed by atoms with Crippen LogP contribution in [0, 0.1) is 0 Å². The first-order chi connectivity index (χ1) is 14.8. The van der Waals surface area contributed by atoms with E-state index >= 15 is 0 Å². The van der Waals surface area contributed by atoms with Crippen LogP contribution in [-0.4, -0.2) is 87.8 Å². The van der Waals surface area contributed by atoms with E-state index in [-0.39, 0.29) is 18.0 Å². The lowest BCUT2D eigenvalue weighted by Crippen LogP contribution is -2.48. The highest BCUT2D eigenvalue weighted by Gasteiger charge is 2.25. The minimum Gasteiger partial charge on any atom is -0.493 e. The van der Waals surface area contributed by atoms with Gasteiger partial charge < -0.3 is 30.0 Å². The molecule has 10 heteroatoms. The molecule has 176 valence electrons. The smallest absolute Gasteiger partial charge is 0.387 e. The molecular formula is C21H34F2N4O4. The van der Waals surface area contributed by atoms with Crippen molar-refractivity contribution in [1.82, 2.24) is 15.5 Å². The summed E-state index contributed by atoms with van der Waals surface area (Å²) in [5.41, 5.74) is -0.143. The maximum absolute atomic E-state index is 12.6. The molecule has 0 spiro atoms. The highest BCUT2D eigenvalue weighted by Crippen LogP contribution is 2.29. The fourth-order valence-corrected chi connectivity index (χ4v) is 3.27. The lowest BCUT2D eigenvalue weighted by Gasteiger charge is -2.33. The lowest BCUT2D eigenvalue weighted by molar-refractivity contribution is -0.0512. The van der Waals surface area contributed by atoms with E-state index in [1.807, 2.05) is 6.92 Å². The van der Waals surface area contributed by atoms with Gasteiger partial charge >= 0.3 is 6.61 Å². The summed E-state index contributed by atoms with van der Waals surface area (Å²) in [4.78, 5) is 6.68. The largest absolute Gasteiger partial charge is 0.493 e. The molecule has 8 nitrogen and oxygen atoms in total. The van der Waals surface area contributed by atoms with Crippen LogP contribution < -0.4 is 20.1 Å². The summed E-state index contributed by atoms with van der Waals surface area (Å²) in [7, 11) is 1.40. The number of halogens is 2. The summed E-state index contributed by atoms with van der Waals surface area (Å²) < 4.78 is 40.1. The van der Waals surface area contributed by atoms with Crippen molar-refractivity contribution in [2.24, 2.45) is 4.99 Å². The molecule has 1 aromatic rings. The molecule has 3 N–H and O–H groups in total. The molecule has 1 fully saturated rings. The molecule has 1 aliphatic rings. The van der Waals surface area contributed by atoms with Crippen LogP contribution in [0.5, 0.6) is 11.5 Å². The molecule has 0 radical (unpaired) electrons. The van der Waals surface area contributed by atoms with Gasteiger partial charge in [-0.05, 0) is 38.0 Å². The molecule has 1 unspecified atom stereocenters. The number of guanidine groups is 1. The second kappa shape index (κ2) is 12.6. The van der Waals surface area contributed by atoms with E-state index in [2.05, 4.69) is 25.3 Å². The Labute approximate surface area is 182 Å². The fourth-order valence-electron chi connectivity index (χ4n) is 3.27. The van der Waals surface area contributed by atoms with Crippen molar-refractivity contribution in [3.63, 3.8) is 0 Å². The molecule has 0 aromatic heterocycles. The van der Waals surface area contributed by atoms with Gasteiger partial charge in [-0.2, -0.15) is 8.78 Å². The number of morpholine rings is 1. The van der Waals surface area contributed by atoms with E-state index < -0.39 is 12.2 Å². The van der Waals surface area contributed by atoms with Crippen LogP contribution in [0.1, 0.15) is 19.4 Å². The molecule has 0 saturated carbocycles. The Balaban J connectivity index is 1.89. The number of nitrogens with zero attached hydrogens (tertiary/aromatic N) is 2. The highest BCUT2D eigenvalue weighted by molar-refractivity contribution is 5.79. The van der Waals surface area contributed by atoms with E-state index in [1.54, 1.807) is 25.1 Å². The van der Waals surface area contributed by atoms with Gasteiger partial charge in [-0.1, -0.05) is 6.07 Å². The number of aliphatic hydroxyl groups is 1. The third-order valence-corrected chi connectivity index (χ3v) is 4.74. The van der Waals surface area contributed by atoms with E-state index in [0.29, 0.717) is 45.2 Å². The number of hydrogen-bond acceptors (Lipinski definition) is 6. The lowest BCUT2D eigenvalue weighted by atomic mass is 10.1. The molecule has 31 heavy (non-hydrogen) atoms. The SMILES string of the molecule is CCNC(=NCC(C)(O)CN1CCOCC1)NCCc1ccc(OC)c(OC(F)F)c1. The number of benzene rings is 1. The number of β-amino-alcohol motifs (C(OH)–C–C–N with tert-alkyl or cyclic N) is 1. The standard InChI is InChI=1S/C21H34F2N4O4/c1-4-24-20(26-14-21(2,28)15-27-9-11-30-12-10-27)25-8-7-16-5-6-17(29-3)18(13-16)31-19(22)23/h5-6,13,19,28H,4,7-12,14-15H2,1-3H3,(H2,24,25,26). The van der Waals surface area contributed by atoms with Gasteiger partial charge in [-0.15, -0.1) is 0 Å². The summed E-state index contributed by atoms with van der Waals surface area (Å²) in [6, 6.07) is 4.95. The van der Waals surface area contributed by atoms with Crippen LogP contribution in [0.25, 0.3) is 0 Å².